The Labute approximate surface area is 221 Å². The van der Waals surface area contributed by atoms with Crippen molar-refractivity contribution in [3.63, 3.8) is 0 Å². The normalized spacial score (nSPS) is 13.3. The summed E-state index contributed by atoms with van der Waals surface area (Å²) in [7, 11) is 1.55. The lowest BCUT2D eigenvalue weighted by Crippen LogP contribution is -2.49. The predicted octanol–water partition coefficient (Wildman–Crippen LogP) is 4.10. The molecule has 4 rings (SSSR count). The second-order valence-corrected chi connectivity index (χ2v) is 9.32. The average molecular weight is 518 g/mol. The molecule has 1 aliphatic rings. The zero-order valence-corrected chi connectivity index (χ0v) is 21.3. The molecule has 0 fully saturated rings. The van der Waals surface area contributed by atoms with Gasteiger partial charge in [-0.15, -0.1) is 0 Å². The van der Waals surface area contributed by atoms with E-state index in [2.05, 4.69) is 5.32 Å². The van der Waals surface area contributed by atoms with Gasteiger partial charge in [-0.1, -0.05) is 66.2 Å². The van der Waals surface area contributed by atoms with Crippen LogP contribution in [0.15, 0.2) is 78.9 Å². The van der Waals surface area contributed by atoms with Gasteiger partial charge in [-0.25, -0.2) is 0 Å². The van der Waals surface area contributed by atoms with E-state index in [1.165, 1.54) is 4.90 Å². The van der Waals surface area contributed by atoms with Gasteiger partial charge in [0.05, 0.1) is 11.1 Å². The highest BCUT2D eigenvalue weighted by molar-refractivity contribution is 6.30. The first-order valence-corrected chi connectivity index (χ1v) is 12.5. The van der Waals surface area contributed by atoms with Crippen LogP contribution >= 0.6 is 11.6 Å². The molecule has 37 heavy (non-hydrogen) atoms. The van der Waals surface area contributed by atoms with Gasteiger partial charge in [-0.2, -0.15) is 0 Å². The second-order valence-electron chi connectivity index (χ2n) is 8.88. The number of rotatable bonds is 10. The van der Waals surface area contributed by atoms with E-state index in [4.69, 9.17) is 11.6 Å². The smallest absolute Gasteiger partial charge is 0.261 e. The van der Waals surface area contributed by atoms with Gasteiger partial charge in [0.15, 0.2) is 0 Å². The van der Waals surface area contributed by atoms with Crippen molar-refractivity contribution in [1.82, 2.24) is 15.1 Å². The Morgan fingerprint density at radius 1 is 0.865 bits per heavy atom. The van der Waals surface area contributed by atoms with Crippen LogP contribution in [0.5, 0.6) is 0 Å². The van der Waals surface area contributed by atoms with Crippen molar-refractivity contribution in [1.29, 1.82) is 0 Å². The maximum absolute atomic E-state index is 13.6. The van der Waals surface area contributed by atoms with Gasteiger partial charge in [0.25, 0.3) is 11.8 Å². The third kappa shape index (κ3) is 6.06. The summed E-state index contributed by atoms with van der Waals surface area (Å²) in [5, 5.41) is 3.27. The molecule has 1 aliphatic heterocycles. The minimum Gasteiger partial charge on any atom is -0.357 e. The van der Waals surface area contributed by atoms with Crippen LogP contribution in [0.25, 0.3) is 0 Å². The molecule has 0 unspecified atom stereocenters. The molecular formula is C29H28ClN3O4. The number of likely N-dealkylation sites (N-methyl/N-ethyl adjacent to an activating group) is 1. The molecule has 8 heteroatoms. The van der Waals surface area contributed by atoms with E-state index in [1.54, 1.807) is 48.3 Å². The van der Waals surface area contributed by atoms with Crippen LogP contribution in [0.1, 0.15) is 44.7 Å². The van der Waals surface area contributed by atoms with Gasteiger partial charge >= 0.3 is 0 Å². The fraction of sp³-hybridized carbons (Fsp3) is 0.241. The zero-order chi connectivity index (χ0) is 26.4. The number of carbonyl (C=O) groups excluding carboxylic acids is 4. The summed E-state index contributed by atoms with van der Waals surface area (Å²) in [6, 6.07) is 22.6. The molecule has 0 bridgehead atoms. The van der Waals surface area contributed by atoms with Gasteiger partial charge in [-0.3, -0.25) is 24.1 Å². The van der Waals surface area contributed by atoms with E-state index in [0.29, 0.717) is 22.6 Å². The van der Waals surface area contributed by atoms with Crippen LogP contribution in [0.2, 0.25) is 5.02 Å². The first kappa shape index (κ1) is 26.1. The highest BCUT2D eigenvalue weighted by Crippen LogP contribution is 2.23. The highest BCUT2D eigenvalue weighted by Gasteiger charge is 2.35. The van der Waals surface area contributed by atoms with Crippen LogP contribution in [0.4, 0.5) is 0 Å². The minimum absolute atomic E-state index is 0.0727. The molecule has 1 N–H and O–H groups in total. The number of imide groups is 1. The Bertz CT molecular complexity index is 1260. The van der Waals surface area contributed by atoms with Gasteiger partial charge in [0.2, 0.25) is 11.8 Å². The summed E-state index contributed by atoms with van der Waals surface area (Å²) >= 11 is 6.04. The van der Waals surface area contributed by atoms with E-state index < -0.39 is 6.04 Å². The first-order chi connectivity index (χ1) is 17.9. The van der Waals surface area contributed by atoms with Gasteiger partial charge in [-0.05, 0) is 41.8 Å². The number of fused-ring (bicyclic) bond motifs is 1. The highest BCUT2D eigenvalue weighted by atomic mass is 35.5. The first-order valence-electron chi connectivity index (χ1n) is 12.1. The van der Waals surface area contributed by atoms with Gasteiger partial charge in [0.1, 0.15) is 6.04 Å². The number of halogens is 1. The fourth-order valence-electron chi connectivity index (χ4n) is 4.48. The number of benzene rings is 3. The number of nitrogens with one attached hydrogen (secondary N) is 1. The molecule has 7 nitrogen and oxygen atoms in total. The van der Waals surface area contributed by atoms with Crippen molar-refractivity contribution < 1.29 is 19.2 Å². The van der Waals surface area contributed by atoms with Gasteiger partial charge in [0, 0.05) is 38.0 Å². The monoisotopic (exact) mass is 517 g/mol. The average Bonchev–Trinajstić information content (AvgIpc) is 3.16. The van der Waals surface area contributed by atoms with E-state index in [1.807, 2.05) is 42.5 Å². The lowest BCUT2D eigenvalue weighted by atomic mass is 10.0. The summed E-state index contributed by atoms with van der Waals surface area (Å²) in [6.07, 6.45) is 0.703. The summed E-state index contributed by atoms with van der Waals surface area (Å²) in [5.41, 5.74) is 2.52. The summed E-state index contributed by atoms with van der Waals surface area (Å²) in [5.74, 6) is -1.21. The van der Waals surface area contributed by atoms with Crippen molar-refractivity contribution in [3.05, 3.63) is 106 Å². The quantitative estimate of drug-likeness (QED) is 0.410. The summed E-state index contributed by atoms with van der Waals surface area (Å²) in [4.78, 5) is 54.6. The standard InChI is InChI=1S/C29H28ClN3O4/c1-31-27(35)25(18-20-8-3-2-4-9-20)33(19-21-13-15-22(30)16-14-21)26(34)12-7-17-32-28(36)23-10-5-6-11-24(23)29(32)37/h2-6,8-11,13-16,25H,7,12,17-19H2,1H3,(H,31,35)/t25-/m1/s1. The van der Waals surface area contributed by atoms with E-state index in [9.17, 15) is 19.2 Å². The minimum atomic E-state index is -0.741. The van der Waals surface area contributed by atoms with Crippen molar-refractivity contribution in [2.24, 2.45) is 0 Å². The lowest BCUT2D eigenvalue weighted by molar-refractivity contribution is -0.141. The van der Waals surface area contributed by atoms with Crippen LogP contribution < -0.4 is 5.32 Å². The Morgan fingerprint density at radius 2 is 1.46 bits per heavy atom. The van der Waals surface area contributed by atoms with Crippen molar-refractivity contribution in [3.8, 4) is 0 Å². The molecule has 4 amide bonds. The third-order valence-corrected chi connectivity index (χ3v) is 6.69. The van der Waals surface area contributed by atoms with E-state index >= 15 is 0 Å². The van der Waals surface area contributed by atoms with E-state index in [-0.39, 0.29) is 49.6 Å². The maximum Gasteiger partial charge on any atom is 0.261 e. The molecule has 1 heterocycles. The summed E-state index contributed by atoms with van der Waals surface area (Å²) < 4.78 is 0. The molecule has 1 atom stereocenters. The third-order valence-electron chi connectivity index (χ3n) is 6.43. The Hall–Kier alpha value is -3.97. The van der Waals surface area contributed by atoms with Crippen LogP contribution in [-0.4, -0.2) is 53.1 Å². The number of amides is 4. The SMILES string of the molecule is CNC(=O)[C@@H](Cc1ccccc1)N(Cc1ccc(Cl)cc1)C(=O)CCCN1C(=O)c2ccccc2C1=O. The maximum atomic E-state index is 13.6. The molecule has 3 aromatic carbocycles. The molecule has 0 spiro atoms. The zero-order valence-electron chi connectivity index (χ0n) is 20.5. The summed E-state index contributed by atoms with van der Waals surface area (Å²) in [6.45, 7) is 0.337. The molecular weight excluding hydrogens is 490 g/mol. The van der Waals surface area contributed by atoms with Crippen LogP contribution in [0, 0.1) is 0 Å². The van der Waals surface area contributed by atoms with Crippen molar-refractivity contribution in [2.45, 2.75) is 31.8 Å². The number of hydrogen-bond acceptors (Lipinski definition) is 4. The van der Waals surface area contributed by atoms with Crippen LogP contribution in [0.3, 0.4) is 0 Å². The Kier molecular flexibility index (Phi) is 8.36. The number of carbonyl (C=O) groups is 4. The van der Waals surface area contributed by atoms with Crippen molar-refractivity contribution in [2.75, 3.05) is 13.6 Å². The largest absolute Gasteiger partial charge is 0.357 e. The molecule has 3 aromatic rings. The number of nitrogens with zero attached hydrogens (tertiary/aromatic N) is 2. The molecule has 0 saturated heterocycles. The van der Waals surface area contributed by atoms with Crippen LogP contribution in [-0.2, 0) is 22.6 Å². The number of hydrogen-bond donors (Lipinski definition) is 1. The van der Waals surface area contributed by atoms with Gasteiger partial charge < -0.3 is 10.2 Å². The topological polar surface area (TPSA) is 86.8 Å². The Balaban J connectivity index is 1.51. The van der Waals surface area contributed by atoms with Crippen molar-refractivity contribution >= 4 is 35.2 Å². The fourth-order valence-corrected chi connectivity index (χ4v) is 4.61. The molecule has 0 aliphatic carbocycles. The molecule has 0 radical (unpaired) electrons. The van der Waals surface area contributed by atoms with E-state index in [0.717, 1.165) is 11.1 Å². The molecule has 0 aromatic heterocycles. The molecule has 0 saturated carbocycles. The molecule has 190 valence electrons. The lowest BCUT2D eigenvalue weighted by Gasteiger charge is -2.31. The Morgan fingerprint density at radius 3 is 2.05 bits per heavy atom. The predicted molar refractivity (Wildman–Crippen MR) is 141 cm³/mol. The second kappa shape index (κ2) is 11.8.